The van der Waals surface area contributed by atoms with Crippen molar-refractivity contribution in [2.45, 2.75) is 17.7 Å². The maximum absolute atomic E-state index is 13.4. The van der Waals surface area contributed by atoms with Crippen LogP contribution in [0.25, 0.3) is 0 Å². The summed E-state index contributed by atoms with van der Waals surface area (Å²) in [7, 11) is -3.87. The number of hydrogen-bond acceptors (Lipinski definition) is 7. The SMILES string of the molecule is O=C1c2cc(F)ccc2S(=O)(=O)N1CCCCN1CCN(c2ncccn2)CC1. The molecule has 1 aromatic carbocycles. The molecule has 0 radical (unpaired) electrons. The Balaban J connectivity index is 1.25. The van der Waals surface area contributed by atoms with Crippen LogP contribution in [-0.2, 0) is 10.0 Å². The number of aromatic nitrogens is 2. The third-order valence-electron chi connectivity index (χ3n) is 5.26. The Morgan fingerprint density at radius 1 is 1.00 bits per heavy atom. The van der Waals surface area contributed by atoms with Gasteiger partial charge in [-0.15, -0.1) is 0 Å². The van der Waals surface area contributed by atoms with Gasteiger partial charge >= 0.3 is 0 Å². The first kappa shape index (κ1) is 19.7. The average Bonchev–Trinajstić information content (AvgIpc) is 2.92. The second-order valence-corrected chi connectivity index (χ2v) is 8.94. The maximum atomic E-state index is 13.4. The first-order valence-electron chi connectivity index (χ1n) is 9.58. The molecule has 0 bridgehead atoms. The number of unbranched alkanes of at least 4 members (excludes halogenated alkanes) is 1. The minimum atomic E-state index is -3.87. The third kappa shape index (κ3) is 3.95. The average molecular weight is 419 g/mol. The Labute approximate surface area is 169 Å². The summed E-state index contributed by atoms with van der Waals surface area (Å²) in [5.74, 6) is -0.522. The maximum Gasteiger partial charge on any atom is 0.269 e. The molecule has 0 saturated carbocycles. The summed E-state index contributed by atoms with van der Waals surface area (Å²) in [5.41, 5.74) is -0.0794. The van der Waals surface area contributed by atoms with Crippen molar-refractivity contribution in [2.24, 2.45) is 0 Å². The molecular weight excluding hydrogens is 397 g/mol. The number of carbonyl (C=O) groups is 1. The molecule has 4 rings (SSSR count). The van der Waals surface area contributed by atoms with Crippen molar-refractivity contribution in [1.82, 2.24) is 19.2 Å². The van der Waals surface area contributed by atoms with E-state index in [0.717, 1.165) is 67.6 Å². The zero-order chi connectivity index (χ0) is 20.4. The Hall–Kier alpha value is -2.59. The molecule has 8 nitrogen and oxygen atoms in total. The van der Waals surface area contributed by atoms with Gasteiger partial charge in [0.1, 0.15) is 10.7 Å². The molecule has 0 atom stereocenters. The first-order valence-corrected chi connectivity index (χ1v) is 11.0. The number of piperazine rings is 1. The van der Waals surface area contributed by atoms with Gasteiger partial charge in [0, 0.05) is 45.1 Å². The summed E-state index contributed by atoms with van der Waals surface area (Å²) in [6.45, 7) is 4.37. The van der Waals surface area contributed by atoms with E-state index in [9.17, 15) is 17.6 Å². The molecule has 2 aromatic rings. The van der Waals surface area contributed by atoms with Gasteiger partial charge in [0.15, 0.2) is 0 Å². The summed E-state index contributed by atoms with van der Waals surface area (Å²) in [6, 6.07) is 5.01. The highest BCUT2D eigenvalue weighted by Crippen LogP contribution is 2.30. The fourth-order valence-corrected chi connectivity index (χ4v) is 5.28. The summed E-state index contributed by atoms with van der Waals surface area (Å²) >= 11 is 0. The monoisotopic (exact) mass is 419 g/mol. The van der Waals surface area contributed by atoms with Crippen LogP contribution >= 0.6 is 0 Å². The fourth-order valence-electron chi connectivity index (χ4n) is 3.70. The highest BCUT2D eigenvalue weighted by Gasteiger charge is 2.40. The minimum absolute atomic E-state index is 0.0794. The van der Waals surface area contributed by atoms with Crippen LogP contribution in [0.5, 0.6) is 0 Å². The predicted molar refractivity (Wildman–Crippen MR) is 105 cm³/mol. The van der Waals surface area contributed by atoms with Gasteiger partial charge < -0.3 is 4.90 Å². The molecule has 29 heavy (non-hydrogen) atoms. The zero-order valence-corrected chi connectivity index (χ0v) is 16.7. The van der Waals surface area contributed by atoms with Crippen LogP contribution in [0.3, 0.4) is 0 Å². The number of amides is 1. The molecular formula is C19H22FN5O3S. The van der Waals surface area contributed by atoms with Crippen LogP contribution in [0.2, 0.25) is 0 Å². The molecule has 1 saturated heterocycles. The number of hydrogen-bond donors (Lipinski definition) is 0. The standard InChI is InChI=1S/C19H22FN5O3S/c20-15-4-5-17-16(14-15)18(26)25(29(17,27)28)9-2-1-8-23-10-12-24(13-11-23)19-21-6-3-7-22-19/h3-7,14H,1-2,8-13H2. The lowest BCUT2D eigenvalue weighted by atomic mass is 10.2. The molecule has 0 aliphatic carbocycles. The highest BCUT2D eigenvalue weighted by molar-refractivity contribution is 7.90. The van der Waals surface area contributed by atoms with E-state index >= 15 is 0 Å². The van der Waals surface area contributed by atoms with Crippen LogP contribution in [0.15, 0.2) is 41.6 Å². The summed E-state index contributed by atoms with van der Waals surface area (Å²) < 4.78 is 39.3. The van der Waals surface area contributed by atoms with E-state index in [4.69, 9.17) is 0 Å². The van der Waals surface area contributed by atoms with Crippen molar-refractivity contribution >= 4 is 21.9 Å². The predicted octanol–water partition coefficient (Wildman–Crippen LogP) is 1.36. The Morgan fingerprint density at radius 3 is 2.41 bits per heavy atom. The van der Waals surface area contributed by atoms with Gasteiger partial charge in [0.25, 0.3) is 15.9 Å². The lowest BCUT2D eigenvalue weighted by Gasteiger charge is -2.34. The van der Waals surface area contributed by atoms with Gasteiger partial charge in [0.05, 0.1) is 5.56 Å². The van der Waals surface area contributed by atoms with E-state index in [1.165, 1.54) is 0 Å². The van der Waals surface area contributed by atoms with Crippen molar-refractivity contribution in [2.75, 3.05) is 44.2 Å². The number of fused-ring (bicyclic) bond motifs is 1. The minimum Gasteiger partial charge on any atom is -0.338 e. The van der Waals surface area contributed by atoms with Gasteiger partial charge in [-0.2, -0.15) is 0 Å². The number of carbonyl (C=O) groups excluding carboxylic acids is 1. The number of sulfonamides is 1. The number of rotatable bonds is 6. The molecule has 3 heterocycles. The van der Waals surface area contributed by atoms with Gasteiger partial charge in [-0.25, -0.2) is 27.1 Å². The van der Waals surface area contributed by atoms with Crippen molar-refractivity contribution in [1.29, 1.82) is 0 Å². The molecule has 0 unspecified atom stereocenters. The quantitative estimate of drug-likeness (QED) is 0.654. The van der Waals surface area contributed by atoms with Crippen molar-refractivity contribution in [3.63, 3.8) is 0 Å². The Kier molecular flexibility index (Phi) is 5.46. The molecule has 0 N–H and O–H groups in total. The molecule has 0 spiro atoms. The molecule has 1 fully saturated rings. The van der Waals surface area contributed by atoms with Crippen molar-refractivity contribution < 1.29 is 17.6 Å². The summed E-state index contributed by atoms with van der Waals surface area (Å²) in [4.78, 5) is 25.3. The van der Waals surface area contributed by atoms with E-state index in [1.807, 2.05) is 0 Å². The van der Waals surface area contributed by atoms with Gasteiger partial charge in [-0.3, -0.25) is 9.69 Å². The first-order chi connectivity index (χ1) is 14.0. The molecule has 10 heteroatoms. The fraction of sp³-hybridized carbons (Fsp3) is 0.421. The molecule has 1 aromatic heterocycles. The van der Waals surface area contributed by atoms with E-state index in [1.54, 1.807) is 18.5 Å². The van der Waals surface area contributed by atoms with Crippen LogP contribution in [0.1, 0.15) is 23.2 Å². The smallest absolute Gasteiger partial charge is 0.269 e. The highest BCUT2D eigenvalue weighted by atomic mass is 32.2. The number of benzene rings is 1. The van der Waals surface area contributed by atoms with E-state index in [2.05, 4.69) is 19.8 Å². The Bertz CT molecular complexity index is 994. The van der Waals surface area contributed by atoms with Crippen LogP contribution in [0, 0.1) is 5.82 Å². The molecule has 154 valence electrons. The van der Waals surface area contributed by atoms with Crippen LogP contribution < -0.4 is 4.90 Å². The summed E-state index contributed by atoms with van der Waals surface area (Å²) in [5, 5.41) is 0. The topological polar surface area (TPSA) is 86.7 Å². The third-order valence-corrected chi connectivity index (χ3v) is 7.10. The molecule has 1 amide bonds. The van der Waals surface area contributed by atoms with Gasteiger partial charge in [-0.1, -0.05) is 0 Å². The number of nitrogens with zero attached hydrogens (tertiary/aromatic N) is 5. The summed E-state index contributed by atoms with van der Waals surface area (Å²) in [6.07, 6.45) is 4.79. The van der Waals surface area contributed by atoms with E-state index in [0.29, 0.717) is 6.42 Å². The Morgan fingerprint density at radius 2 is 1.69 bits per heavy atom. The van der Waals surface area contributed by atoms with Gasteiger partial charge in [0.2, 0.25) is 5.95 Å². The van der Waals surface area contributed by atoms with E-state index in [-0.39, 0.29) is 17.0 Å². The second kappa shape index (κ2) is 8.03. The molecule has 2 aliphatic heterocycles. The van der Waals surface area contributed by atoms with Crippen LogP contribution in [-0.4, -0.2) is 72.8 Å². The van der Waals surface area contributed by atoms with Gasteiger partial charge in [-0.05, 0) is 43.7 Å². The number of halogens is 1. The normalized spacial score (nSPS) is 18.9. The lowest BCUT2D eigenvalue weighted by Crippen LogP contribution is -2.47. The van der Waals surface area contributed by atoms with Crippen LogP contribution in [0.4, 0.5) is 10.3 Å². The number of anilines is 1. The zero-order valence-electron chi connectivity index (χ0n) is 15.9. The van der Waals surface area contributed by atoms with Crippen molar-refractivity contribution in [3.05, 3.63) is 48.0 Å². The van der Waals surface area contributed by atoms with E-state index < -0.39 is 21.7 Å². The second-order valence-electron chi connectivity index (χ2n) is 7.11. The molecule has 2 aliphatic rings. The van der Waals surface area contributed by atoms with Crippen molar-refractivity contribution in [3.8, 4) is 0 Å². The largest absolute Gasteiger partial charge is 0.338 e. The lowest BCUT2D eigenvalue weighted by molar-refractivity contribution is 0.0868.